The second-order valence-corrected chi connectivity index (χ2v) is 6.16. The highest BCUT2D eigenvalue weighted by atomic mass is 35.5. The number of aliphatic hydroxyl groups excluding tert-OH is 2. The summed E-state index contributed by atoms with van der Waals surface area (Å²) in [5, 5.41) is 20.4. The van der Waals surface area contributed by atoms with Crippen LogP contribution in [0.1, 0.15) is 22.3 Å². The van der Waals surface area contributed by atoms with E-state index in [-0.39, 0.29) is 17.9 Å². The normalized spacial score (nSPS) is 24.5. The molecule has 1 saturated heterocycles. The number of H-pyrrole nitrogens is 1. The fourth-order valence-corrected chi connectivity index (χ4v) is 2.82. The zero-order chi connectivity index (χ0) is 20.3. The quantitative estimate of drug-likeness (QED) is 0.567. The Kier molecular flexibility index (Phi) is 6.05. The Morgan fingerprint density at radius 1 is 1.36 bits per heavy atom. The van der Waals surface area contributed by atoms with Crippen LogP contribution < -0.4 is 11.2 Å². The van der Waals surface area contributed by atoms with Gasteiger partial charge in [0.05, 0.1) is 5.56 Å². The van der Waals surface area contributed by atoms with Crippen molar-refractivity contribution in [2.45, 2.75) is 24.5 Å². The minimum absolute atomic E-state index is 0.0462. The van der Waals surface area contributed by atoms with Crippen LogP contribution in [0.15, 0.2) is 45.7 Å². The molecule has 0 aromatic carbocycles. The van der Waals surface area contributed by atoms with Crippen LogP contribution in [0.5, 0.6) is 0 Å². The van der Waals surface area contributed by atoms with E-state index in [1.165, 1.54) is 18.3 Å². The van der Waals surface area contributed by atoms with Gasteiger partial charge in [-0.15, -0.1) is 0 Å². The van der Waals surface area contributed by atoms with Gasteiger partial charge in [0.25, 0.3) is 5.56 Å². The first kappa shape index (κ1) is 20.0. The van der Waals surface area contributed by atoms with Crippen LogP contribution in [0.3, 0.4) is 0 Å². The molecule has 1 fully saturated rings. The molecule has 2 aromatic heterocycles. The summed E-state index contributed by atoms with van der Waals surface area (Å²) < 4.78 is 11.5. The minimum Gasteiger partial charge on any atom is -0.458 e. The van der Waals surface area contributed by atoms with Crippen molar-refractivity contribution in [1.29, 1.82) is 0 Å². The Morgan fingerprint density at radius 3 is 2.82 bits per heavy atom. The number of aliphatic hydroxyl groups is 2. The third-order valence-corrected chi connectivity index (χ3v) is 4.23. The number of carbonyl (C=O) groups excluding carboxylic acids is 1. The van der Waals surface area contributed by atoms with Gasteiger partial charge in [0, 0.05) is 17.9 Å². The van der Waals surface area contributed by atoms with Crippen LogP contribution >= 0.6 is 11.6 Å². The molecular formula is C17H16ClN3O7. The Bertz CT molecular complexity index is 988. The Hall–Kier alpha value is -2.79. The molecule has 1 aliphatic rings. The van der Waals surface area contributed by atoms with Crippen molar-refractivity contribution in [3.8, 4) is 0 Å². The van der Waals surface area contributed by atoms with Gasteiger partial charge in [-0.1, -0.05) is 17.7 Å². The maximum atomic E-state index is 12.1. The van der Waals surface area contributed by atoms with Gasteiger partial charge in [0.2, 0.25) is 0 Å². The number of aromatic nitrogens is 3. The van der Waals surface area contributed by atoms with Gasteiger partial charge in [0.15, 0.2) is 6.23 Å². The summed E-state index contributed by atoms with van der Waals surface area (Å²) in [4.78, 5) is 41.7. The number of pyridine rings is 1. The van der Waals surface area contributed by atoms with Crippen LogP contribution in [0, 0.1) is 0 Å². The Balaban J connectivity index is 1.76. The predicted octanol–water partition coefficient (Wildman–Crippen LogP) is -0.383. The molecule has 10 nitrogen and oxygen atoms in total. The minimum atomic E-state index is -1.50. The molecule has 4 unspecified atom stereocenters. The molecular weight excluding hydrogens is 394 g/mol. The number of carbonyl (C=O) groups is 1. The molecule has 148 valence electrons. The number of rotatable bonds is 5. The number of hydrogen-bond acceptors (Lipinski definition) is 8. The summed E-state index contributed by atoms with van der Waals surface area (Å²) >= 11 is 5.46. The molecule has 3 heterocycles. The first-order chi connectivity index (χ1) is 13.4. The topological polar surface area (TPSA) is 144 Å². The van der Waals surface area contributed by atoms with Crippen LogP contribution in [0.2, 0.25) is 0 Å². The summed E-state index contributed by atoms with van der Waals surface area (Å²) in [6.07, 6.45) is -1.53. The van der Waals surface area contributed by atoms with Gasteiger partial charge in [-0.2, -0.15) is 0 Å². The monoisotopic (exact) mass is 409 g/mol. The van der Waals surface area contributed by atoms with Crippen molar-refractivity contribution in [3.63, 3.8) is 0 Å². The lowest BCUT2D eigenvalue weighted by molar-refractivity contribution is -0.0600. The molecule has 0 radical (unpaired) electrons. The molecule has 11 heteroatoms. The van der Waals surface area contributed by atoms with E-state index in [0.717, 1.165) is 16.3 Å². The average molecular weight is 410 g/mol. The maximum Gasteiger partial charge on any atom is 0.357 e. The van der Waals surface area contributed by atoms with Crippen LogP contribution in [-0.4, -0.2) is 55.6 Å². The number of halogens is 1. The molecule has 0 aliphatic carbocycles. The first-order valence-corrected chi connectivity index (χ1v) is 8.58. The van der Waals surface area contributed by atoms with Crippen molar-refractivity contribution >= 4 is 23.6 Å². The van der Waals surface area contributed by atoms with E-state index in [1.807, 2.05) is 0 Å². The standard InChI is InChI=1S/C17H16ClN3O7/c18-5-4-9-7-21(17(26)20-14(9)24)15-13(23)12(22)11(28-15)8-27-16(25)10-3-1-2-6-19-10/h1-7,11-13,15,22-23H,8H2,(H,20,24,26). The van der Waals surface area contributed by atoms with E-state index in [2.05, 4.69) is 9.97 Å². The van der Waals surface area contributed by atoms with E-state index in [1.54, 1.807) is 12.1 Å². The molecule has 0 spiro atoms. The summed E-state index contributed by atoms with van der Waals surface area (Å²) in [6, 6.07) is 4.70. The molecule has 28 heavy (non-hydrogen) atoms. The van der Waals surface area contributed by atoms with Crippen LogP contribution in [0.25, 0.3) is 6.08 Å². The van der Waals surface area contributed by atoms with E-state index in [0.29, 0.717) is 0 Å². The molecule has 3 N–H and O–H groups in total. The number of aromatic amines is 1. The van der Waals surface area contributed by atoms with Crippen molar-refractivity contribution in [2.24, 2.45) is 0 Å². The summed E-state index contributed by atoms with van der Waals surface area (Å²) in [6.45, 7) is -0.378. The Labute approximate surface area is 162 Å². The number of nitrogens with zero attached hydrogens (tertiary/aromatic N) is 2. The summed E-state index contributed by atoms with van der Waals surface area (Å²) in [5.41, 5.74) is -0.322. The molecule has 0 saturated carbocycles. The largest absolute Gasteiger partial charge is 0.458 e. The highest BCUT2D eigenvalue weighted by Gasteiger charge is 2.44. The second kappa shape index (κ2) is 8.48. The third-order valence-electron chi connectivity index (χ3n) is 4.10. The summed E-state index contributed by atoms with van der Waals surface area (Å²) in [7, 11) is 0. The van der Waals surface area contributed by atoms with E-state index >= 15 is 0 Å². The van der Waals surface area contributed by atoms with Gasteiger partial charge < -0.3 is 19.7 Å². The smallest absolute Gasteiger partial charge is 0.357 e. The lowest BCUT2D eigenvalue weighted by atomic mass is 10.1. The fraction of sp³-hybridized carbons (Fsp3) is 0.294. The molecule has 0 amide bonds. The molecule has 3 rings (SSSR count). The predicted molar refractivity (Wildman–Crippen MR) is 96.7 cm³/mol. The van der Waals surface area contributed by atoms with E-state index < -0.39 is 41.8 Å². The lowest BCUT2D eigenvalue weighted by Crippen LogP contribution is -2.38. The SMILES string of the molecule is O=C(OCC1OC(n2cc(C=CCl)c(=O)[nH]c2=O)C(O)C1O)c1ccccn1. The highest BCUT2D eigenvalue weighted by Crippen LogP contribution is 2.28. The Morgan fingerprint density at radius 2 is 2.14 bits per heavy atom. The zero-order valence-electron chi connectivity index (χ0n) is 14.3. The van der Waals surface area contributed by atoms with Gasteiger partial charge in [0.1, 0.15) is 30.6 Å². The van der Waals surface area contributed by atoms with Crippen LogP contribution in [-0.2, 0) is 9.47 Å². The van der Waals surface area contributed by atoms with Gasteiger partial charge in [-0.05, 0) is 18.2 Å². The number of nitrogens with one attached hydrogen (secondary N) is 1. The summed E-state index contributed by atoms with van der Waals surface area (Å²) in [5.74, 6) is -0.731. The number of ether oxygens (including phenoxy) is 2. The zero-order valence-corrected chi connectivity index (χ0v) is 15.0. The number of esters is 1. The molecule has 1 aliphatic heterocycles. The molecule has 2 aromatic rings. The van der Waals surface area contributed by atoms with Crippen molar-refractivity contribution in [3.05, 3.63) is 68.2 Å². The average Bonchev–Trinajstić information content (AvgIpc) is 2.97. The van der Waals surface area contributed by atoms with E-state index in [4.69, 9.17) is 21.1 Å². The highest BCUT2D eigenvalue weighted by molar-refractivity contribution is 6.27. The van der Waals surface area contributed by atoms with Gasteiger partial charge in [-0.3, -0.25) is 14.3 Å². The lowest BCUT2D eigenvalue weighted by Gasteiger charge is -2.17. The van der Waals surface area contributed by atoms with Crippen LogP contribution in [0.4, 0.5) is 0 Å². The van der Waals surface area contributed by atoms with Gasteiger partial charge >= 0.3 is 11.7 Å². The van der Waals surface area contributed by atoms with E-state index in [9.17, 15) is 24.6 Å². The molecule has 0 bridgehead atoms. The van der Waals surface area contributed by atoms with Crippen molar-refractivity contribution in [2.75, 3.05) is 6.61 Å². The number of hydrogen-bond donors (Lipinski definition) is 3. The maximum absolute atomic E-state index is 12.1. The van der Waals surface area contributed by atoms with Gasteiger partial charge in [-0.25, -0.2) is 14.6 Å². The fourth-order valence-electron chi connectivity index (χ4n) is 2.69. The second-order valence-electron chi connectivity index (χ2n) is 5.90. The first-order valence-electron chi connectivity index (χ1n) is 8.14. The van der Waals surface area contributed by atoms with Crippen molar-refractivity contribution < 1.29 is 24.5 Å². The third kappa shape index (κ3) is 4.04. The molecule has 4 atom stereocenters. The van der Waals surface area contributed by atoms with Crippen molar-refractivity contribution in [1.82, 2.24) is 14.5 Å².